The Labute approximate surface area is 128 Å². The van der Waals surface area contributed by atoms with Gasteiger partial charge in [-0.1, -0.05) is 15.9 Å². The van der Waals surface area contributed by atoms with Crippen molar-refractivity contribution in [2.45, 2.75) is 32.5 Å². The Morgan fingerprint density at radius 1 is 1.30 bits per heavy atom. The third kappa shape index (κ3) is 4.89. The molecule has 2 N–H and O–H groups in total. The van der Waals surface area contributed by atoms with E-state index in [0.717, 1.165) is 29.8 Å². The van der Waals surface area contributed by atoms with Crippen molar-refractivity contribution in [3.63, 3.8) is 0 Å². The lowest BCUT2D eigenvalue weighted by molar-refractivity contribution is -0.914. The van der Waals surface area contributed by atoms with E-state index in [0.29, 0.717) is 6.42 Å². The Kier molecular flexibility index (Phi) is 5.57. The van der Waals surface area contributed by atoms with Crippen LogP contribution in [0.25, 0.3) is 0 Å². The number of nitrogens with one attached hydrogen (secondary N) is 2. The lowest BCUT2D eigenvalue weighted by Crippen LogP contribution is -3.15. The summed E-state index contributed by atoms with van der Waals surface area (Å²) in [6, 6.07) is 7.64. The summed E-state index contributed by atoms with van der Waals surface area (Å²) in [5, 5.41) is 2.93. The van der Waals surface area contributed by atoms with Gasteiger partial charge in [-0.15, -0.1) is 0 Å². The third-order valence-corrected chi connectivity index (χ3v) is 3.98. The van der Waals surface area contributed by atoms with Gasteiger partial charge in [0, 0.05) is 10.2 Å². The fourth-order valence-corrected chi connectivity index (χ4v) is 2.90. The molecule has 5 heteroatoms. The molecule has 1 aromatic carbocycles. The number of ether oxygens (including phenoxy) is 1. The fraction of sp³-hybridized carbons (Fsp3) is 0.533. The number of halogens is 1. The van der Waals surface area contributed by atoms with Gasteiger partial charge >= 0.3 is 0 Å². The van der Waals surface area contributed by atoms with Crippen LogP contribution < -0.4 is 10.2 Å². The molecule has 1 saturated heterocycles. The molecule has 2 rings (SSSR count). The van der Waals surface area contributed by atoms with Crippen LogP contribution in [0.3, 0.4) is 0 Å². The van der Waals surface area contributed by atoms with Crippen molar-refractivity contribution in [3.05, 3.63) is 28.7 Å². The van der Waals surface area contributed by atoms with Gasteiger partial charge in [-0.05, 0) is 38.1 Å². The number of anilines is 1. The number of amides is 1. The van der Waals surface area contributed by atoms with E-state index in [1.807, 2.05) is 24.3 Å². The molecule has 0 radical (unpaired) electrons. The van der Waals surface area contributed by atoms with Gasteiger partial charge in [-0.2, -0.15) is 0 Å². The number of morpholine rings is 1. The van der Waals surface area contributed by atoms with Crippen LogP contribution in [-0.4, -0.2) is 37.7 Å². The quantitative estimate of drug-likeness (QED) is 0.870. The first kappa shape index (κ1) is 15.5. The molecule has 1 aliphatic heterocycles. The summed E-state index contributed by atoms with van der Waals surface area (Å²) in [6.07, 6.45) is 1.11. The number of carbonyl (C=O) groups is 1. The van der Waals surface area contributed by atoms with Crippen LogP contribution in [0.4, 0.5) is 5.69 Å². The van der Waals surface area contributed by atoms with E-state index >= 15 is 0 Å². The Bertz CT molecular complexity index is 440. The first-order valence-corrected chi connectivity index (χ1v) is 7.86. The van der Waals surface area contributed by atoms with E-state index in [4.69, 9.17) is 4.74 Å². The summed E-state index contributed by atoms with van der Waals surface area (Å²) in [7, 11) is 0. The minimum absolute atomic E-state index is 0.0756. The summed E-state index contributed by atoms with van der Waals surface area (Å²) < 4.78 is 6.71. The summed E-state index contributed by atoms with van der Waals surface area (Å²) >= 11 is 3.38. The number of hydrogen-bond acceptors (Lipinski definition) is 2. The van der Waals surface area contributed by atoms with E-state index < -0.39 is 0 Å². The molecule has 1 aliphatic rings. The van der Waals surface area contributed by atoms with Crippen LogP contribution in [0.2, 0.25) is 0 Å². The molecule has 1 heterocycles. The van der Waals surface area contributed by atoms with Crippen LogP contribution in [0.15, 0.2) is 28.7 Å². The van der Waals surface area contributed by atoms with E-state index in [9.17, 15) is 4.79 Å². The molecular formula is C15H22BrN2O2+. The number of carbonyl (C=O) groups excluding carboxylic acids is 1. The van der Waals surface area contributed by atoms with Gasteiger partial charge in [-0.3, -0.25) is 4.79 Å². The van der Waals surface area contributed by atoms with Gasteiger partial charge in [0.2, 0.25) is 5.91 Å². The SMILES string of the molecule is C[C@@H]1C[NH+](CCC(=O)Nc2ccc(Br)cc2)C[C@H](C)O1. The first-order valence-electron chi connectivity index (χ1n) is 7.07. The van der Waals surface area contributed by atoms with Gasteiger partial charge in [0.05, 0.1) is 13.0 Å². The Morgan fingerprint density at radius 2 is 1.90 bits per heavy atom. The molecular weight excluding hydrogens is 320 g/mol. The van der Waals surface area contributed by atoms with Crippen molar-refractivity contribution in [1.82, 2.24) is 0 Å². The lowest BCUT2D eigenvalue weighted by atomic mass is 10.2. The zero-order valence-electron chi connectivity index (χ0n) is 12.0. The zero-order chi connectivity index (χ0) is 14.5. The molecule has 20 heavy (non-hydrogen) atoms. The predicted octanol–water partition coefficient (Wildman–Crippen LogP) is 1.47. The van der Waals surface area contributed by atoms with E-state index in [-0.39, 0.29) is 18.1 Å². The van der Waals surface area contributed by atoms with Crippen molar-refractivity contribution in [2.24, 2.45) is 0 Å². The van der Waals surface area contributed by atoms with E-state index in [1.54, 1.807) is 0 Å². The van der Waals surface area contributed by atoms with Gasteiger partial charge in [0.1, 0.15) is 25.3 Å². The number of benzene rings is 1. The number of hydrogen-bond donors (Lipinski definition) is 2. The van der Waals surface area contributed by atoms with Gasteiger partial charge in [0.15, 0.2) is 0 Å². The van der Waals surface area contributed by atoms with Crippen molar-refractivity contribution in [1.29, 1.82) is 0 Å². The predicted molar refractivity (Wildman–Crippen MR) is 83.0 cm³/mol. The van der Waals surface area contributed by atoms with Crippen LogP contribution in [-0.2, 0) is 9.53 Å². The third-order valence-electron chi connectivity index (χ3n) is 3.45. The maximum Gasteiger partial charge on any atom is 0.230 e. The van der Waals surface area contributed by atoms with Crippen molar-refractivity contribution >= 4 is 27.5 Å². The van der Waals surface area contributed by atoms with Gasteiger partial charge < -0.3 is 15.0 Å². The van der Waals surface area contributed by atoms with Gasteiger partial charge in [0.25, 0.3) is 0 Å². The molecule has 1 aromatic rings. The van der Waals surface area contributed by atoms with Crippen molar-refractivity contribution < 1.29 is 14.4 Å². The average Bonchev–Trinajstić information content (AvgIpc) is 2.38. The molecule has 0 bridgehead atoms. The molecule has 0 aliphatic carbocycles. The highest BCUT2D eigenvalue weighted by molar-refractivity contribution is 9.10. The molecule has 1 amide bonds. The smallest absolute Gasteiger partial charge is 0.230 e. The van der Waals surface area contributed by atoms with E-state index in [2.05, 4.69) is 35.1 Å². The first-order chi connectivity index (χ1) is 9.52. The maximum atomic E-state index is 11.9. The molecule has 110 valence electrons. The second-order valence-electron chi connectivity index (χ2n) is 5.47. The number of rotatable bonds is 4. The van der Waals surface area contributed by atoms with E-state index in [1.165, 1.54) is 4.90 Å². The van der Waals surface area contributed by atoms with Crippen LogP contribution >= 0.6 is 15.9 Å². The van der Waals surface area contributed by atoms with Gasteiger partial charge in [-0.25, -0.2) is 0 Å². The largest absolute Gasteiger partial charge is 0.364 e. The molecule has 3 atom stereocenters. The van der Waals surface area contributed by atoms with Crippen LogP contribution in [0.1, 0.15) is 20.3 Å². The van der Waals surface area contributed by atoms with Crippen LogP contribution in [0, 0.1) is 0 Å². The highest BCUT2D eigenvalue weighted by Crippen LogP contribution is 2.14. The average molecular weight is 342 g/mol. The lowest BCUT2D eigenvalue weighted by Gasteiger charge is -2.32. The summed E-state index contributed by atoms with van der Waals surface area (Å²) in [5.41, 5.74) is 0.844. The Hall–Kier alpha value is -0.910. The molecule has 0 spiro atoms. The summed E-state index contributed by atoms with van der Waals surface area (Å²) in [6.45, 7) is 7.02. The Morgan fingerprint density at radius 3 is 2.50 bits per heavy atom. The monoisotopic (exact) mass is 341 g/mol. The topological polar surface area (TPSA) is 42.8 Å². The molecule has 0 aromatic heterocycles. The summed E-state index contributed by atoms with van der Waals surface area (Å²) in [5.74, 6) is 0.0756. The second-order valence-corrected chi connectivity index (χ2v) is 6.39. The maximum absolute atomic E-state index is 11.9. The summed E-state index contributed by atoms with van der Waals surface area (Å²) in [4.78, 5) is 13.4. The zero-order valence-corrected chi connectivity index (χ0v) is 13.6. The highest BCUT2D eigenvalue weighted by Gasteiger charge is 2.25. The standard InChI is InChI=1S/C15H21BrN2O2/c1-11-9-18(10-12(2)20-11)8-7-15(19)17-14-5-3-13(16)4-6-14/h3-6,11-12H,7-10H2,1-2H3,(H,17,19)/p+1/t11-,12+. The molecule has 1 fully saturated rings. The van der Waals surface area contributed by atoms with Crippen LogP contribution in [0.5, 0.6) is 0 Å². The minimum Gasteiger partial charge on any atom is -0.364 e. The molecule has 4 nitrogen and oxygen atoms in total. The second kappa shape index (κ2) is 7.20. The number of quaternary nitrogens is 1. The molecule has 1 unspecified atom stereocenters. The van der Waals surface area contributed by atoms with Crippen molar-refractivity contribution in [2.75, 3.05) is 25.0 Å². The normalized spacial score (nSPS) is 26.2. The fourth-order valence-electron chi connectivity index (χ4n) is 2.64. The minimum atomic E-state index is 0.0756. The Balaban J connectivity index is 1.76. The molecule has 0 saturated carbocycles. The van der Waals surface area contributed by atoms with Crippen molar-refractivity contribution in [3.8, 4) is 0 Å². The highest BCUT2D eigenvalue weighted by atomic mass is 79.9.